The number of para-hydroxylation sites is 1. The maximum Gasteiger partial charge on any atom is 0.268 e. The second kappa shape index (κ2) is 9.49. The summed E-state index contributed by atoms with van der Waals surface area (Å²) in [6.45, 7) is 5.86. The van der Waals surface area contributed by atoms with Gasteiger partial charge in [0.1, 0.15) is 12.4 Å². The zero-order valence-corrected chi connectivity index (χ0v) is 16.5. The van der Waals surface area contributed by atoms with Crippen LogP contribution < -0.4 is 10.3 Å². The average molecular weight is 390 g/mol. The van der Waals surface area contributed by atoms with Crippen LogP contribution in [0.1, 0.15) is 0 Å². The standard InChI is InChI=1S/C23H26N4O2/c28-23-12-11-22(20-7-3-1-4-8-20)24-27(23)19-26-15-13-25(14-16-26)17-18-29-21-9-5-2-6-10-21/h1-12H,13-19H2. The summed E-state index contributed by atoms with van der Waals surface area (Å²) >= 11 is 0. The maximum absolute atomic E-state index is 12.3. The fourth-order valence-corrected chi connectivity index (χ4v) is 3.47. The molecule has 2 heterocycles. The summed E-state index contributed by atoms with van der Waals surface area (Å²) in [7, 11) is 0. The second-order valence-corrected chi connectivity index (χ2v) is 7.18. The largest absolute Gasteiger partial charge is 0.492 e. The highest BCUT2D eigenvalue weighted by Gasteiger charge is 2.17. The van der Waals surface area contributed by atoms with Gasteiger partial charge >= 0.3 is 0 Å². The first-order chi connectivity index (χ1) is 14.3. The minimum atomic E-state index is -0.0663. The molecule has 29 heavy (non-hydrogen) atoms. The Labute approximate surface area is 171 Å². The van der Waals surface area contributed by atoms with Gasteiger partial charge in [0.25, 0.3) is 5.56 Å². The Kier molecular flexibility index (Phi) is 6.34. The van der Waals surface area contributed by atoms with E-state index in [0.29, 0.717) is 13.3 Å². The molecule has 1 saturated heterocycles. The van der Waals surface area contributed by atoms with E-state index < -0.39 is 0 Å². The Balaban J connectivity index is 1.28. The van der Waals surface area contributed by atoms with Crippen molar-refractivity contribution in [2.75, 3.05) is 39.3 Å². The summed E-state index contributed by atoms with van der Waals surface area (Å²) in [6.07, 6.45) is 0. The third kappa shape index (κ3) is 5.31. The van der Waals surface area contributed by atoms with Crippen LogP contribution in [0.25, 0.3) is 11.3 Å². The number of aromatic nitrogens is 2. The minimum Gasteiger partial charge on any atom is -0.492 e. The highest BCUT2D eigenvalue weighted by atomic mass is 16.5. The number of hydrogen-bond acceptors (Lipinski definition) is 5. The summed E-state index contributed by atoms with van der Waals surface area (Å²) in [5, 5.41) is 4.57. The quantitative estimate of drug-likeness (QED) is 0.621. The van der Waals surface area contributed by atoms with Crippen molar-refractivity contribution < 1.29 is 4.74 Å². The van der Waals surface area contributed by atoms with Gasteiger partial charge in [0.15, 0.2) is 0 Å². The van der Waals surface area contributed by atoms with Crippen molar-refractivity contribution in [1.82, 2.24) is 19.6 Å². The highest BCUT2D eigenvalue weighted by Crippen LogP contribution is 2.14. The fourth-order valence-electron chi connectivity index (χ4n) is 3.47. The Morgan fingerprint density at radius 1 is 0.793 bits per heavy atom. The van der Waals surface area contributed by atoms with Gasteiger partial charge in [-0.05, 0) is 18.2 Å². The van der Waals surface area contributed by atoms with Crippen molar-refractivity contribution in [3.63, 3.8) is 0 Å². The molecule has 0 aliphatic carbocycles. The first-order valence-corrected chi connectivity index (χ1v) is 10.0. The van der Waals surface area contributed by atoms with Gasteiger partial charge in [-0.15, -0.1) is 0 Å². The molecule has 1 aliphatic heterocycles. The molecular weight excluding hydrogens is 364 g/mol. The lowest BCUT2D eigenvalue weighted by Gasteiger charge is -2.34. The Hall–Kier alpha value is -2.96. The number of piperazine rings is 1. The molecule has 0 amide bonds. The molecule has 150 valence electrons. The van der Waals surface area contributed by atoms with Crippen LogP contribution in [0.2, 0.25) is 0 Å². The van der Waals surface area contributed by atoms with Crippen molar-refractivity contribution >= 4 is 0 Å². The van der Waals surface area contributed by atoms with Gasteiger partial charge < -0.3 is 4.74 Å². The topological polar surface area (TPSA) is 50.6 Å². The Morgan fingerprint density at radius 3 is 2.17 bits per heavy atom. The second-order valence-electron chi connectivity index (χ2n) is 7.18. The van der Waals surface area contributed by atoms with Gasteiger partial charge in [0.05, 0.1) is 12.4 Å². The number of rotatable bonds is 7. The first kappa shape index (κ1) is 19.4. The summed E-state index contributed by atoms with van der Waals surface area (Å²) < 4.78 is 7.36. The van der Waals surface area contributed by atoms with Crippen molar-refractivity contribution in [2.24, 2.45) is 0 Å². The smallest absolute Gasteiger partial charge is 0.268 e. The molecule has 3 aromatic rings. The molecule has 4 rings (SSSR count). The van der Waals surface area contributed by atoms with Crippen molar-refractivity contribution in [2.45, 2.75) is 6.67 Å². The number of hydrogen-bond donors (Lipinski definition) is 0. The predicted molar refractivity (Wildman–Crippen MR) is 114 cm³/mol. The molecule has 6 heteroatoms. The van der Waals surface area contributed by atoms with Crippen LogP contribution in [0.5, 0.6) is 5.75 Å². The van der Waals surface area contributed by atoms with Crippen LogP contribution in [-0.4, -0.2) is 58.9 Å². The van der Waals surface area contributed by atoms with E-state index in [1.54, 1.807) is 16.8 Å². The molecule has 0 N–H and O–H groups in total. The van der Waals surface area contributed by atoms with Gasteiger partial charge in [-0.1, -0.05) is 48.5 Å². The number of benzene rings is 2. The lowest BCUT2D eigenvalue weighted by Crippen LogP contribution is -2.48. The van der Waals surface area contributed by atoms with Crippen LogP contribution in [0, 0.1) is 0 Å². The third-order valence-corrected chi connectivity index (χ3v) is 5.15. The van der Waals surface area contributed by atoms with E-state index in [9.17, 15) is 4.79 Å². The minimum absolute atomic E-state index is 0.0663. The van der Waals surface area contributed by atoms with Gasteiger partial charge in [0.2, 0.25) is 0 Å². The molecular formula is C23H26N4O2. The lowest BCUT2D eigenvalue weighted by atomic mass is 10.1. The average Bonchev–Trinajstić information content (AvgIpc) is 2.78. The zero-order valence-electron chi connectivity index (χ0n) is 16.5. The van der Waals surface area contributed by atoms with E-state index in [-0.39, 0.29) is 5.56 Å². The Bertz CT molecular complexity index is 951. The fraction of sp³-hybridized carbons (Fsp3) is 0.304. The number of ether oxygens (including phenoxy) is 1. The molecule has 0 spiro atoms. The van der Waals surface area contributed by atoms with Crippen molar-refractivity contribution in [1.29, 1.82) is 0 Å². The van der Waals surface area contributed by atoms with E-state index in [1.807, 2.05) is 60.7 Å². The monoisotopic (exact) mass is 390 g/mol. The predicted octanol–water partition coefficient (Wildman–Crippen LogP) is 2.56. The van der Waals surface area contributed by atoms with E-state index in [2.05, 4.69) is 14.9 Å². The molecule has 6 nitrogen and oxygen atoms in total. The van der Waals surface area contributed by atoms with Crippen molar-refractivity contribution in [3.8, 4) is 17.0 Å². The molecule has 0 saturated carbocycles. The van der Waals surface area contributed by atoms with E-state index in [0.717, 1.165) is 49.7 Å². The lowest BCUT2D eigenvalue weighted by molar-refractivity contribution is 0.0912. The molecule has 0 unspecified atom stereocenters. The summed E-state index contributed by atoms with van der Waals surface area (Å²) in [4.78, 5) is 16.9. The van der Waals surface area contributed by atoms with Crippen LogP contribution in [0.3, 0.4) is 0 Å². The van der Waals surface area contributed by atoms with Crippen LogP contribution in [-0.2, 0) is 6.67 Å². The molecule has 1 aliphatic rings. The van der Waals surface area contributed by atoms with E-state index in [4.69, 9.17) is 4.74 Å². The molecule has 0 atom stereocenters. The molecule has 0 radical (unpaired) electrons. The van der Waals surface area contributed by atoms with Gasteiger partial charge in [-0.25, -0.2) is 4.68 Å². The first-order valence-electron chi connectivity index (χ1n) is 10.0. The number of nitrogens with zero attached hydrogens (tertiary/aromatic N) is 4. The zero-order chi connectivity index (χ0) is 19.9. The molecule has 0 bridgehead atoms. The SMILES string of the molecule is O=c1ccc(-c2ccccc2)nn1CN1CCN(CCOc2ccccc2)CC1. The molecule has 2 aromatic carbocycles. The van der Waals surface area contributed by atoms with Gasteiger partial charge in [0, 0.05) is 44.4 Å². The summed E-state index contributed by atoms with van der Waals surface area (Å²) in [5.41, 5.74) is 1.77. The van der Waals surface area contributed by atoms with Gasteiger partial charge in [-0.3, -0.25) is 14.6 Å². The van der Waals surface area contributed by atoms with Crippen molar-refractivity contribution in [3.05, 3.63) is 83.2 Å². The summed E-state index contributed by atoms with van der Waals surface area (Å²) in [5.74, 6) is 0.912. The van der Waals surface area contributed by atoms with E-state index in [1.165, 1.54) is 0 Å². The van der Waals surface area contributed by atoms with Crippen LogP contribution >= 0.6 is 0 Å². The maximum atomic E-state index is 12.3. The van der Waals surface area contributed by atoms with Crippen LogP contribution in [0.15, 0.2) is 77.6 Å². The normalized spacial score (nSPS) is 15.3. The van der Waals surface area contributed by atoms with Gasteiger partial charge in [-0.2, -0.15) is 5.10 Å². The highest BCUT2D eigenvalue weighted by molar-refractivity contribution is 5.57. The van der Waals surface area contributed by atoms with Crippen LogP contribution in [0.4, 0.5) is 0 Å². The Morgan fingerprint density at radius 2 is 1.45 bits per heavy atom. The molecule has 1 aromatic heterocycles. The summed E-state index contributed by atoms with van der Waals surface area (Å²) in [6, 6.07) is 23.3. The third-order valence-electron chi connectivity index (χ3n) is 5.15. The van der Waals surface area contributed by atoms with E-state index >= 15 is 0 Å². The molecule has 1 fully saturated rings.